The van der Waals surface area contributed by atoms with Crippen LogP contribution in [-0.4, -0.2) is 19.5 Å². The second-order valence-electron chi connectivity index (χ2n) is 15.9. The Balaban J connectivity index is 0.991. The first-order chi connectivity index (χ1) is 31.2. The predicted octanol–water partition coefficient (Wildman–Crippen LogP) is 15.6. The SMILES string of the molecule is c1ccc(-c2ccc(-c3nc(-c4ccccc4)nc(-c4cccc5oc6ccc(-c7ccc8c(c7)c7c9sc%10ccccc%10c9ccc7n8-c7ccccc7)cc6c45)n3)cc2)cc1. The van der Waals surface area contributed by atoms with Crippen LogP contribution in [0.15, 0.2) is 211 Å². The molecule has 4 heterocycles. The lowest BCUT2D eigenvalue weighted by Crippen LogP contribution is -2.00. The first-order valence-electron chi connectivity index (χ1n) is 21.1. The minimum atomic E-state index is 0.590. The highest BCUT2D eigenvalue weighted by Gasteiger charge is 2.21. The van der Waals surface area contributed by atoms with E-state index < -0.39 is 0 Å². The number of rotatable bonds is 6. The molecule has 13 aromatic rings. The molecule has 6 heteroatoms. The van der Waals surface area contributed by atoms with Crippen LogP contribution >= 0.6 is 11.3 Å². The highest BCUT2D eigenvalue weighted by Crippen LogP contribution is 2.45. The Bertz CT molecular complexity index is 3890. The van der Waals surface area contributed by atoms with Crippen molar-refractivity contribution >= 4 is 75.3 Å². The van der Waals surface area contributed by atoms with Gasteiger partial charge in [-0.05, 0) is 76.9 Å². The summed E-state index contributed by atoms with van der Waals surface area (Å²) in [5, 5.41) is 7.07. The standard InChI is InChI=1S/C57H34N4OS/c1-4-13-35(14-5-1)36-23-25-38(26-24-36)56-58-55(37-15-6-2-7-16-37)59-57(60-56)44-20-12-21-50-52(44)46-34-40(28-32-49(46)62-50)39-27-30-47-45(33-39)53-48(61(47)41-17-8-3-9-18-41)31-29-43-42-19-10-11-22-51(42)63-54(43)53/h1-34H. The van der Waals surface area contributed by atoms with E-state index in [1.807, 2.05) is 59.9 Å². The van der Waals surface area contributed by atoms with Gasteiger partial charge in [-0.15, -0.1) is 11.3 Å². The van der Waals surface area contributed by atoms with Gasteiger partial charge in [-0.2, -0.15) is 0 Å². The number of hydrogen-bond acceptors (Lipinski definition) is 5. The number of fused-ring (bicyclic) bond motifs is 10. The van der Waals surface area contributed by atoms with Crippen molar-refractivity contribution in [1.82, 2.24) is 19.5 Å². The lowest BCUT2D eigenvalue weighted by Gasteiger charge is -2.10. The molecule has 63 heavy (non-hydrogen) atoms. The third-order valence-electron chi connectivity index (χ3n) is 12.3. The van der Waals surface area contributed by atoms with E-state index in [0.717, 1.165) is 66.6 Å². The molecule has 0 aliphatic heterocycles. The molecule has 0 bridgehead atoms. The van der Waals surface area contributed by atoms with Crippen molar-refractivity contribution in [2.45, 2.75) is 0 Å². The molecule has 0 amide bonds. The summed E-state index contributed by atoms with van der Waals surface area (Å²) in [7, 11) is 0. The average molecular weight is 823 g/mol. The monoisotopic (exact) mass is 822 g/mol. The Hall–Kier alpha value is -8.19. The smallest absolute Gasteiger partial charge is 0.164 e. The van der Waals surface area contributed by atoms with Crippen molar-refractivity contribution in [3.05, 3.63) is 206 Å². The van der Waals surface area contributed by atoms with Gasteiger partial charge in [-0.25, -0.2) is 15.0 Å². The van der Waals surface area contributed by atoms with Crippen molar-refractivity contribution in [1.29, 1.82) is 0 Å². The second kappa shape index (κ2) is 14.2. The minimum absolute atomic E-state index is 0.590. The molecule has 4 aromatic heterocycles. The van der Waals surface area contributed by atoms with Crippen LogP contribution in [-0.2, 0) is 0 Å². The number of furan rings is 1. The van der Waals surface area contributed by atoms with Crippen LogP contribution in [0.5, 0.6) is 0 Å². The molecule has 0 aliphatic rings. The van der Waals surface area contributed by atoms with E-state index >= 15 is 0 Å². The lowest BCUT2D eigenvalue weighted by molar-refractivity contribution is 0.669. The van der Waals surface area contributed by atoms with Crippen molar-refractivity contribution in [3.63, 3.8) is 0 Å². The van der Waals surface area contributed by atoms with Crippen molar-refractivity contribution in [3.8, 4) is 62.1 Å². The maximum atomic E-state index is 6.57. The highest BCUT2D eigenvalue weighted by atomic mass is 32.1. The third-order valence-corrected chi connectivity index (χ3v) is 13.5. The molecule has 0 radical (unpaired) electrons. The zero-order chi connectivity index (χ0) is 41.4. The molecule has 0 fully saturated rings. The van der Waals surface area contributed by atoms with Gasteiger partial charge in [0, 0.05) is 64.1 Å². The zero-order valence-corrected chi connectivity index (χ0v) is 34.6. The maximum absolute atomic E-state index is 6.57. The summed E-state index contributed by atoms with van der Waals surface area (Å²) in [6, 6.07) is 72.6. The normalized spacial score (nSPS) is 11.8. The summed E-state index contributed by atoms with van der Waals surface area (Å²) < 4.78 is 11.6. The van der Waals surface area contributed by atoms with E-state index in [1.165, 1.54) is 42.0 Å². The average Bonchev–Trinajstić information content (AvgIpc) is 4.04. The summed E-state index contributed by atoms with van der Waals surface area (Å²) in [5.74, 6) is 1.82. The number of nitrogens with zero attached hydrogens (tertiary/aromatic N) is 4. The van der Waals surface area contributed by atoms with Gasteiger partial charge in [0.15, 0.2) is 17.5 Å². The van der Waals surface area contributed by atoms with Gasteiger partial charge in [0.2, 0.25) is 0 Å². The predicted molar refractivity (Wildman–Crippen MR) is 262 cm³/mol. The Morgan fingerprint density at radius 3 is 1.73 bits per heavy atom. The van der Waals surface area contributed by atoms with Crippen LogP contribution in [0.25, 0.3) is 126 Å². The summed E-state index contributed by atoms with van der Waals surface area (Å²) in [6.07, 6.45) is 0. The fraction of sp³-hybridized carbons (Fsp3) is 0. The highest BCUT2D eigenvalue weighted by molar-refractivity contribution is 7.26. The van der Waals surface area contributed by atoms with Gasteiger partial charge in [-0.3, -0.25) is 0 Å². The Morgan fingerprint density at radius 1 is 0.365 bits per heavy atom. The van der Waals surface area contributed by atoms with Crippen LogP contribution < -0.4 is 0 Å². The first-order valence-corrected chi connectivity index (χ1v) is 21.9. The molecule has 5 nitrogen and oxygen atoms in total. The third kappa shape index (κ3) is 5.80. The molecule has 0 spiro atoms. The van der Waals surface area contributed by atoms with Gasteiger partial charge >= 0.3 is 0 Å². The van der Waals surface area contributed by atoms with E-state index in [1.54, 1.807) is 0 Å². The summed E-state index contributed by atoms with van der Waals surface area (Å²) in [4.78, 5) is 15.4. The number of para-hydroxylation sites is 1. The molecule has 0 saturated carbocycles. The van der Waals surface area contributed by atoms with E-state index in [9.17, 15) is 0 Å². The summed E-state index contributed by atoms with van der Waals surface area (Å²) >= 11 is 1.88. The minimum Gasteiger partial charge on any atom is -0.456 e. The summed E-state index contributed by atoms with van der Waals surface area (Å²) in [6.45, 7) is 0. The number of hydrogen-bond donors (Lipinski definition) is 0. The fourth-order valence-corrected chi connectivity index (χ4v) is 10.6. The van der Waals surface area contributed by atoms with Gasteiger partial charge < -0.3 is 8.98 Å². The second-order valence-corrected chi connectivity index (χ2v) is 17.0. The van der Waals surface area contributed by atoms with Crippen molar-refractivity contribution in [2.24, 2.45) is 0 Å². The molecule has 0 atom stereocenters. The van der Waals surface area contributed by atoms with Gasteiger partial charge in [0.25, 0.3) is 0 Å². The molecular weight excluding hydrogens is 789 g/mol. The first kappa shape index (κ1) is 35.6. The Kier molecular flexibility index (Phi) is 8.01. The van der Waals surface area contributed by atoms with E-state index in [2.05, 4.69) is 162 Å². The lowest BCUT2D eigenvalue weighted by atomic mass is 9.99. The van der Waals surface area contributed by atoms with E-state index in [-0.39, 0.29) is 0 Å². The van der Waals surface area contributed by atoms with Crippen LogP contribution in [0.4, 0.5) is 0 Å². The molecular formula is C57H34N4OS. The van der Waals surface area contributed by atoms with Crippen LogP contribution in [0.3, 0.4) is 0 Å². The van der Waals surface area contributed by atoms with Crippen LogP contribution in [0.2, 0.25) is 0 Å². The van der Waals surface area contributed by atoms with E-state index in [4.69, 9.17) is 19.4 Å². The molecule has 0 unspecified atom stereocenters. The summed E-state index contributed by atoms with van der Waals surface area (Å²) in [5.41, 5.74) is 12.4. The molecule has 0 N–H and O–H groups in total. The topological polar surface area (TPSA) is 56.7 Å². The van der Waals surface area contributed by atoms with Gasteiger partial charge in [0.05, 0.1) is 11.0 Å². The Morgan fingerprint density at radius 2 is 0.952 bits per heavy atom. The maximum Gasteiger partial charge on any atom is 0.164 e. The number of benzene rings is 9. The molecule has 294 valence electrons. The van der Waals surface area contributed by atoms with Crippen molar-refractivity contribution in [2.75, 3.05) is 0 Å². The Labute approximate surface area is 365 Å². The van der Waals surface area contributed by atoms with Crippen LogP contribution in [0.1, 0.15) is 0 Å². The van der Waals surface area contributed by atoms with Crippen LogP contribution in [0, 0.1) is 0 Å². The number of thiophene rings is 1. The van der Waals surface area contributed by atoms with Crippen molar-refractivity contribution < 1.29 is 4.42 Å². The molecule has 9 aromatic carbocycles. The van der Waals surface area contributed by atoms with Gasteiger partial charge in [0.1, 0.15) is 11.2 Å². The quantitative estimate of drug-likeness (QED) is 0.168. The molecule has 13 rings (SSSR count). The molecule has 0 aliphatic carbocycles. The van der Waals surface area contributed by atoms with E-state index in [0.29, 0.717) is 17.5 Å². The molecule has 0 saturated heterocycles. The zero-order valence-electron chi connectivity index (χ0n) is 33.7. The van der Waals surface area contributed by atoms with Gasteiger partial charge in [-0.1, -0.05) is 152 Å². The largest absolute Gasteiger partial charge is 0.456 e. The number of aromatic nitrogens is 4. The fourth-order valence-electron chi connectivity index (χ4n) is 9.30.